The van der Waals surface area contributed by atoms with E-state index < -0.39 is 5.82 Å². The third-order valence-corrected chi connectivity index (χ3v) is 5.53. The summed E-state index contributed by atoms with van der Waals surface area (Å²) in [5.41, 5.74) is 2.93. The van der Waals surface area contributed by atoms with Crippen LogP contribution >= 0.6 is 15.9 Å². The maximum Gasteiger partial charge on any atom is 0.246 e. The molecule has 0 N–H and O–H groups in total. The summed E-state index contributed by atoms with van der Waals surface area (Å²) in [6, 6.07) is 10.5. The van der Waals surface area contributed by atoms with E-state index in [1.807, 2.05) is 30.0 Å². The Morgan fingerprint density at radius 1 is 1.07 bits per heavy atom. The van der Waals surface area contributed by atoms with Crippen LogP contribution in [0.4, 0.5) is 10.1 Å². The smallest absolute Gasteiger partial charge is 0.246 e. The van der Waals surface area contributed by atoms with Crippen molar-refractivity contribution < 1.29 is 14.0 Å². The Hall–Kier alpha value is -2.47. The van der Waals surface area contributed by atoms with Gasteiger partial charge in [-0.25, -0.2) is 4.39 Å². The van der Waals surface area contributed by atoms with Gasteiger partial charge in [0, 0.05) is 42.3 Å². The number of carbonyl (C=O) groups is 2. The van der Waals surface area contributed by atoms with E-state index in [0.717, 1.165) is 15.6 Å². The second-order valence-electron chi connectivity index (χ2n) is 6.89. The zero-order chi connectivity index (χ0) is 20.3. The van der Waals surface area contributed by atoms with Gasteiger partial charge in [0.05, 0.1) is 5.69 Å². The van der Waals surface area contributed by atoms with Gasteiger partial charge in [0.2, 0.25) is 5.91 Å². The largest absolute Gasteiger partial charge is 0.366 e. The molecule has 1 saturated heterocycles. The summed E-state index contributed by atoms with van der Waals surface area (Å²) in [6.07, 6.45) is 3.38. The standard InChI is InChI=1S/C22H22BrFN2O2/c1-15-3-4-17(19(23)13-15)6-8-22(28)26-11-9-25(10-12-26)21-7-5-18(16(2)27)14-20(21)24/h3-8,13-14H,9-12H2,1-2H3/b8-6+. The Balaban J connectivity index is 1.61. The number of carbonyl (C=O) groups excluding carboxylic acids is 2. The molecule has 0 aliphatic carbocycles. The van der Waals surface area contributed by atoms with Crippen molar-refractivity contribution in [2.45, 2.75) is 13.8 Å². The van der Waals surface area contributed by atoms with Crippen LogP contribution in [0.25, 0.3) is 6.08 Å². The van der Waals surface area contributed by atoms with E-state index in [0.29, 0.717) is 37.4 Å². The predicted molar refractivity (Wildman–Crippen MR) is 113 cm³/mol. The fourth-order valence-electron chi connectivity index (χ4n) is 3.18. The maximum atomic E-state index is 14.3. The van der Waals surface area contributed by atoms with Gasteiger partial charge in [0.1, 0.15) is 5.82 Å². The first-order valence-corrected chi connectivity index (χ1v) is 9.93. The molecule has 1 amide bonds. The van der Waals surface area contributed by atoms with Crippen LogP contribution in [0.5, 0.6) is 0 Å². The van der Waals surface area contributed by atoms with Crippen LogP contribution in [0.1, 0.15) is 28.4 Å². The summed E-state index contributed by atoms with van der Waals surface area (Å²) in [7, 11) is 0. The first-order chi connectivity index (χ1) is 13.3. The first-order valence-electron chi connectivity index (χ1n) is 9.14. The number of benzene rings is 2. The molecule has 0 spiro atoms. The lowest BCUT2D eigenvalue weighted by molar-refractivity contribution is -0.126. The fraction of sp³-hybridized carbons (Fsp3) is 0.273. The van der Waals surface area contributed by atoms with Crippen LogP contribution in [-0.2, 0) is 4.79 Å². The quantitative estimate of drug-likeness (QED) is 0.516. The van der Waals surface area contributed by atoms with Crippen LogP contribution in [-0.4, -0.2) is 42.8 Å². The van der Waals surface area contributed by atoms with E-state index in [9.17, 15) is 14.0 Å². The van der Waals surface area contributed by atoms with Crippen LogP contribution in [0, 0.1) is 12.7 Å². The number of rotatable bonds is 4. The number of nitrogens with zero attached hydrogens (tertiary/aromatic N) is 2. The lowest BCUT2D eigenvalue weighted by Gasteiger charge is -2.35. The highest BCUT2D eigenvalue weighted by molar-refractivity contribution is 9.10. The molecule has 4 nitrogen and oxygen atoms in total. The predicted octanol–water partition coefficient (Wildman–Crippen LogP) is 4.46. The van der Waals surface area contributed by atoms with E-state index >= 15 is 0 Å². The molecule has 1 fully saturated rings. The molecule has 3 rings (SSSR count). The van der Waals surface area contributed by atoms with E-state index in [2.05, 4.69) is 15.9 Å². The van der Waals surface area contributed by atoms with Gasteiger partial charge in [-0.1, -0.05) is 28.1 Å². The van der Waals surface area contributed by atoms with Crippen molar-refractivity contribution >= 4 is 39.4 Å². The van der Waals surface area contributed by atoms with Crippen molar-refractivity contribution in [2.75, 3.05) is 31.1 Å². The highest BCUT2D eigenvalue weighted by Crippen LogP contribution is 2.23. The van der Waals surface area contributed by atoms with Crippen LogP contribution in [0.3, 0.4) is 0 Å². The summed E-state index contributed by atoms with van der Waals surface area (Å²) in [6.45, 7) is 5.56. The summed E-state index contributed by atoms with van der Waals surface area (Å²) >= 11 is 3.51. The molecular formula is C22H22BrFN2O2. The van der Waals surface area contributed by atoms with Gasteiger partial charge in [-0.3, -0.25) is 9.59 Å². The molecule has 28 heavy (non-hydrogen) atoms. The number of hydrogen-bond donors (Lipinski definition) is 0. The Labute approximate surface area is 172 Å². The zero-order valence-corrected chi connectivity index (χ0v) is 17.5. The number of halogens is 2. The van der Waals surface area contributed by atoms with Crippen molar-refractivity contribution in [3.05, 3.63) is 69.5 Å². The van der Waals surface area contributed by atoms with Crippen LogP contribution < -0.4 is 4.90 Å². The van der Waals surface area contributed by atoms with Crippen molar-refractivity contribution in [3.8, 4) is 0 Å². The Kier molecular flexibility index (Phi) is 6.29. The topological polar surface area (TPSA) is 40.6 Å². The molecule has 0 aromatic heterocycles. The van der Waals surface area contributed by atoms with Crippen LogP contribution in [0.15, 0.2) is 46.9 Å². The fourth-order valence-corrected chi connectivity index (χ4v) is 3.81. The van der Waals surface area contributed by atoms with E-state index in [1.54, 1.807) is 29.2 Å². The monoisotopic (exact) mass is 444 g/mol. The summed E-state index contributed by atoms with van der Waals surface area (Å²) in [5, 5.41) is 0. The average Bonchev–Trinajstić information content (AvgIpc) is 2.67. The number of amides is 1. The third-order valence-electron chi connectivity index (χ3n) is 4.85. The van der Waals surface area contributed by atoms with Gasteiger partial charge in [-0.2, -0.15) is 0 Å². The van der Waals surface area contributed by atoms with E-state index in [-0.39, 0.29) is 11.7 Å². The van der Waals surface area contributed by atoms with Gasteiger partial charge in [0.25, 0.3) is 0 Å². The lowest BCUT2D eigenvalue weighted by atomic mass is 10.1. The molecule has 1 heterocycles. The molecule has 2 aromatic rings. The second kappa shape index (κ2) is 8.69. The molecule has 0 saturated carbocycles. The van der Waals surface area contributed by atoms with Crippen molar-refractivity contribution in [2.24, 2.45) is 0 Å². The molecule has 0 bridgehead atoms. The van der Waals surface area contributed by atoms with E-state index in [1.165, 1.54) is 13.0 Å². The SMILES string of the molecule is CC(=O)c1ccc(N2CCN(C(=O)/C=C/c3ccc(C)cc3Br)CC2)c(F)c1. The highest BCUT2D eigenvalue weighted by atomic mass is 79.9. The van der Waals surface area contributed by atoms with Crippen molar-refractivity contribution in [1.82, 2.24) is 4.90 Å². The molecule has 146 valence electrons. The molecule has 0 unspecified atom stereocenters. The molecule has 0 radical (unpaired) electrons. The van der Waals surface area contributed by atoms with Crippen molar-refractivity contribution in [3.63, 3.8) is 0 Å². The Morgan fingerprint density at radius 2 is 1.79 bits per heavy atom. The average molecular weight is 445 g/mol. The van der Waals surface area contributed by atoms with Crippen LogP contribution in [0.2, 0.25) is 0 Å². The normalized spacial score (nSPS) is 14.6. The molecule has 6 heteroatoms. The van der Waals surface area contributed by atoms with Gasteiger partial charge >= 0.3 is 0 Å². The van der Waals surface area contributed by atoms with Gasteiger partial charge in [-0.05, 0) is 55.3 Å². The zero-order valence-electron chi connectivity index (χ0n) is 15.9. The molecular weight excluding hydrogens is 423 g/mol. The third kappa shape index (κ3) is 4.68. The Bertz CT molecular complexity index is 934. The number of ketones is 1. The lowest BCUT2D eigenvalue weighted by Crippen LogP contribution is -2.48. The molecule has 1 aliphatic heterocycles. The number of piperazine rings is 1. The number of aryl methyl sites for hydroxylation is 1. The Morgan fingerprint density at radius 3 is 2.39 bits per heavy atom. The van der Waals surface area contributed by atoms with Gasteiger partial charge < -0.3 is 9.80 Å². The van der Waals surface area contributed by atoms with Crippen molar-refractivity contribution in [1.29, 1.82) is 0 Å². The second-order valence-corrected chi connectivity index (χ2v) is 7.75. The summed E-state index contributed by atoms with van der Waals surface area (Å²) in [5.74, 6) is -0.621. The summed E-state index contributed by atoms with van der Waals surface area (Å²) < 4.78 is 15.3. The summed E-state index contributed by atoms with van der Waals surface area (Å²) in [4.78, 5) is 27.5. The molecule has 2 aromatic carbocycles. The van der Waals surface area contributed by atoms with Gasteiger partial charge in [-0.15, -0.1) is 0 Å². The minimum Gasteiger partial charge on any atom is -0.366 e. The minimum atomic E-state index is -0.406. The molecule has 1 aliphatic rings. The number of Topliss-reactive ketones (excluding diaryl/α,β-unsaturated/α-hetero) is 1. The highest BCUT2D eigenvalue weighted by Gasteiger charge is 2.22. The molecule has 0 atom stereocenters. The number of hydrogen-bond acceptors (Lipinski definition) is 3. The minimum absolute atomic E-state index is 0.0560. The van der Waals surface area contributed by atoms with Gasteiger partial charge in [0.15, 0.2) is 5.78 Å². The van der Waals surface area contributed by atoms with E-state index in [4.69, 9.17) is 0 Å². The first kappa shape index (κ1) is 20.3. The number of anilines is 1. The maximum absolute atomic E-state index is 14.3.